The van der Waals surface area contributed by atoms with E-state index >= 15 is 0 Å². The Morgan fingerprint density at radius 1 is 1.44 bits per heavy atom. The molecule has 86 valence electrons. The van der Waals surface area contributed by atoms with Gasteiger partial charge in [0.25, 0.3) is 5.91 Å². The predicted molar refractivity (Wildman–Crippen MR) is 59.4 cm³/mol. The van der Waals surface area contributed by atoms with E-state index in [1.54, 1.807) is 7.05 Å². The zero-order chi connectivity index (χ0) is 11.9. The fourth-order valence-electron chi connectivity index (χ4n) is 1.49. The molecule has 0 fully saturated rings. The fraction of sp³-hybridized carbons (Fsp3) is 0.444. The second-order valence-electron chi connectivity index (χ2n) is 3.37. The van der Waals surface area contributed by atoms with Crippen molar-refractivity contribution in [2.45, 2.75) is 13.8 Å². The van der Waals surface area contributed by atoms with E-state index in [9.17, 15) is 4.79 Å². The number of hydrogen-bond donors (Lipinski definition) is 0. The Bertz CT molecular complexity index is 545. The van der Waals surface area contributed by atoms with Crippen LogP contribution in [0.15, 0.2) is 0 Å². The largest absolute Gasteiger partial charge is 0.289 e. The molecule has 0 N–H and O–H groups in total. The number of aromatic nitrogens is 3. The fourth-order valence-corrected chi connectivity index (χ4v) is 2.57. The Kier molecular flexibility index (Phi) is 2.64. The first-order valence-corrected chi connectivity index (χ1v) is 5.51. The van der Waals surface area contributed by atoms with Gasteiger partial charge in [0.15, 0.2) is 0 Å². The molecule has 2 rings (SSSR count). The van der Waals surface area contributed by atoms with Gasteiger partial charge >= 0.3 is 0 Å². The van der Waals surface area contributed by atoms with Crippen molar-refractivity contribution in [3.8, 4) is 0 Å². The number of carbonyl (C=O) groups excluding carboxylic acids is 1. The van der Waals surface area contributed by atoms with Crippen molar-refractivity contribution in [2.75, 3.05) is 14.2 Å². The van der Waals surface area contributed by atoms with Gasteiger partial charge in [-0.05, 0) is 13.8 Å². The maximum absolute atomic E-state index is 11.9. The lowest BCUT2D eigenvalue weighted by Gasteiger charge is -2.12. The summed E-state index contributed by atoms with van der Waals surface area (Å²) in [7, 11) is 3.04. The third kappa shape index (κ3) is 1.48. The van der Waals surface area contributed by atoms with Gasteiger partial charge in [-0.2, -0.15) is 0 Å². The highest BCUT2D eigenvalue weighted by Gasteiger charge is 2.21. The minimum absolute atomic E-state index is 0.171. The molecule has 2 aromatic rings. The molecule has 0 saturated heterocycles. The van der Waals surface area contributed by atoms with Gasteiger partial charge in [-0.1, -0.05) is 11.3 Å². The van der Waals surface area contributed by atoms with E-state index in [0.717, 1.165) is 16.5 Å². The topological polar surface area (TPSA) is 59.7 Å². The van der Waals surface area contributed by atoms with E-state index in [0.29, 0.717) is 4.88 Å². The second-order valence-corrected chi connectivity index (χ2v) is 4.34. The summed E-state index contributed by atoms with van der Waals surface area (Å²) in [6, 6.07) is 0. The zero-order valence-corrected chi connectivity index (χ0v) is 10.3. The van der Waals surface area contributed by atoms with Crippen LogP contribution in [-0.2, 0) is 4.84 Å². The Morgan fingerprint density at radius 3 is 2.69 bits per heavy atom. The molecule has 0 aromatic carbocycles. The van der Waals surface area contributed by atoms with Crippen LogP contribution in [0.4, 0.5) is 0 Å². The van der Waals surface area contributed by atoms with Crippen LogP contribution in [0.5, 0.6) is 0 Å². The van der Waals surface area contributed by atoms with Gasteiger partial charge in [0.1, 0.15) is 10.7 Å². The molecule has 1 amide bonds. The lowest BCUT2D eigenvalue weighted by atomic mass is 10.3. The van der Waals surface area contributed by atoms with Crippen molar-refractivity contribution in [2.24, 2.45) is 0 Å². The summed E-state index contributed by atoms with van der Waals surface area (Å²) in [5, 5.41) is 9.13. The number of nitrogens with zero attached hydrogens (tertiary/aromatic N) is 4. The van der Waals surface area contributed by atoms with E-state index in [-0.39, 0.29) is 5.91 Å². The Balaban J connectivity index is 2.54. The summed E-state index contributed by atoms with van der Waals surface area (Å²) in [4.78, 5) is 18.1. The second kappa shape index (κ2) is 3.84. The number of aryl methyl sites for hydroxylation is 2. The van der Waals surface area contributed by atoms with Crippen LogP contribution in [0.1, 0.15) is 21.2 Å². The van der Waals surface area contributed by atoms with Crippen molar-refractivity contribution in [1.29, 1.82) is 0 Å². The maximum Gasteiger partial charge on any atom is 0.289 e. The van der Waals surface area contributed by atoms with Crippen LogP contribution < -0.4 is 0 Å². The first-order chi connectivity index (χ1) is 7.56. The SMILES string of the molecule is CON(C)C(=O)c1sc2nnc(C)n2c1C. The van der Waals surface area contributed by atoms with Gasteiger partial charge in [0.2, 0.25) is 4.96 Å². The van der Waals surface area contributed by atoms with Gasteiger partial charge in [-0.15, -0.1) is 10.2 Å². The summed E-state index contributed by atoms with van der Waals surface area (Å²) in [5.74, 6) is 0.609. The molecule has 0 saturated carbocycles. The number of fused-ring (bicyclic) bond motifs is 1. The van der Waals surface area contributed by atoms with E-state index in [1.165, 1.54) is 23.5 Å². The lowest BCUT2D eigenvalue weighted by molar-refractivity contribution is -0.0754. The van der Waals surface area contributed by atoms with Gasteiger partial charge in [0, 0.05) is 12.7 Å². The normalized spacial score (nSPS) is 11.0. The summed E-state index contributed by atoms with van der Waals surface area (Å²) >= 11 is 1.31. The number of rotatable bonds is 2. The summed E-state index contributed by atoms with van der Waals surface area (Å²) in [5.41, 5.74) is 0.844. The highest BCUT2D eigenvalue weighted by atomic mass is 32.1. The van der Waals surface area contributed by atoms with Gasteiger partial charge < -0.3 is 0 Å². The van der Waals surface area contributed by atoms with E-state index in [4.69, 9.17) is 4.84 Å². The molecular weight excluding hydrogens is 228 g/mol. The van der Waals surface area contributed by atoms with Gasteiger partial charge in [-0.25, -0.2) is 5.06 Å². The van der Waals surface area contributed by atoms with E-state index in [1.807, 2.05) is 18.2 Å². The molecule has 7 heteroatoms. The summed E-state index contributed by atoms with van der Waals surface area (Å²) < 4.78 is 1.86. The molecule has 2 aromatic heterocycles. The van der Waals surface area contributed by atoms with Crippen LogP contribution >= 0.6 is 11.3 Å². The molecule has 0 aliphatic carbocycles. The van der Waals surface area contributed by atoms with Crippen LogP contribution in [0.25, 0.3) is 4.96 Å². The van der Waals surface area contributed by atoms with Crippen molar-refractivity contribution in [1.82, 2.24) is 19.7 Å². The van der Waals surface area contributed by atoms with Crippen LogP contribution in [-0.4, -0.2) is 39.7 Å². The Hall–Kier alpha value is -1.47. The third-order valence-electron chi connectivity index (χ3n) is 2.41. The number of amides is 1. The maximum atomic E-state index is 11.9. The zero-order valence-electron chi connectivity index (χ0n) is 9.51. The molecular formula is C9H12N4O2S. The Morgan fingerprint density at radius 2 is 2.12 bits per heavy atom. The predicted octanol–water partition coefficient (Wildman–Crippen LogP) is 1.04. The third-order valence-corrected chi connectivity index (χ3v) is 3.53. The highest BCUT2D eigenvalue weighted by Crippen LogP contribution is 2.23. The molecule has 0 atom stereocenters. The van der Waals surface area contributed by atoms with Crippen LogP contribution in [0, 0.1) is 13.8 Å². The number of hydrogen-bond acceptors (Lipinski definition) is 5. The van der Waals surface area contributed by atoms with Crippen molar-refractivity contribution in [3.05, 3.63) is 16.4 Å². The van der Waals surface area contributed by atoms with Crippen molar-refractivity contribution < 1.29 is 9.63 Å². The van der Waals surface area contributed by atoms with E-state index < -0.39 is 0 Å². The van der Waals surface area contributed by atoms with Crippen molar-refractivity contribution in [3.63, 3.8) is 0 Å². The number of thiazole rings is 1. The summed E-state index contributed by atoms with van der Waals surface area (Å²) in [6.07, 6.45) is 0. The molecule has 0 radical (unpaired) electrons. The average molecular weight is 240 g/mol. The molecule has 0 bridgehead atoms. The standard InChI is InChI=1S/C9H12N4O2S/c1-5-7(8(14)12(3)15-4)16-9-11-10-6(2)13(5)9/h1-4H3. The summed E-state index contributed by atoms with van der Waals surface area (Å²) in [6.45, 7) is 3.73. The molecule has 0 aliphatic heterocycles. The van der Waals surface area contributed by atoms with Crippen molar-refractivity contribution >= 4 is 22.2 Å². The first kappa shape index (κ1) is 11.0. The van der Waals surface area contributed by atoms with E-state index in [2.05, 4.69) is 10.2 Å². The quantitative estimate of drug-likeness (QED) is 0.736. The minimum Gasteiger partial charge on any atom is -0.274 e. The first-order valence-electron chi connectivity index (χ1n) is 4.69. The molecule has 16 heavy (non-hydrogen) atoms. The van der Waals surface area contributed by atoms with Gasteiger partial charge in [0.05, 0.1) is 7.11 Å². The highest BCUT2D eigenvalue weighted by molar-refractivity contribution is 7.19. The number of hydroxylamine groups is 2. The van der Waals surface area contributed by atoms with Crippen LogP contribution in [0.3, 0.4) is 0 Å². The molecule has 0 aliphatic rings. The Labute approximate surface area is 96.4 Å². The minimum atomic E-state index is -0.171. The molecule has 0 unspecified atom stereocenters. The average Bonchev–Trinajstić information content (AvgIpc) is 2.79. The van der Waals surface area contributed by atoms with Crippen LogP contribution in [0.2, 0.25) is 0 Å². The molecule has 6 nitrogen and oxygen atoms in total. The lowest BCUT2D eigenvalue weighted by Crippen LogP contribution is -2.25. The molecule has 2 heterocycles. The molecule has 0 spiro atoms. The van der Waals surface area contributed by atoms with Gasteiger partial charge in [-0.3, -0.25) is 14.0 Å². The number of carbonyl (C=O) groups is 1. The monoisotopic (exact) mass is 240 g/mol. The smallest absolute Gasteiger partial charge is 0.274 e.